The lowest BCUT2D eigenvalue weighted by Crippen LogP contribution is -2.10. The van der Waals surface area contributed by atoms with E-state index in [1.807, 2.05) is 12.1 Å². The molecule has 7 heteroatoms. The Morgan fingerprint density at radius 2 is 2.10 bits per heavy atom. The number of hydrogen-bond acceptors (Lipinski definition) is 5. The number of nitrogens with two attached hydrogens (primary N) is 2. The fraction of sp³-hybridized carbons (Fsp3) is 0. The van der Waals surface area contributed by atoms with Crippen LogP contribution in [-0.2, 0) is 0 Å². The van der Waals surface area contributed by atoms with E-state index in [4.69, 9.17) is 11.5 Å². The van der Waals surface area contributed by atoms with Gasteiger partial charge in [-0.2, -0.15) is 0 Å². The number of aromatic nitrogens is 3. The molecule has 0 bridgehead atoms. The molecule has 0 radical (unpaired) electrons. The molecule has 0 saturated carbocycles. The molecule has 6 nitrogen and oxygen atoms in total. The predicted molar refractivity (Wildman–Crippen MR) is 77.4 cm³/mol. The van der Waals surface area contributed by atoms with Crippen molar-refractivity contribution in [3.05, 3.63) is 42.1 Å². The van der Waals surface area contributed by atoms with Crippen LogP contribution in [0.1, 0.15) is 10.4 Å². The van der Waals surface area contributed by atoms with Crippen LogP contribution in [0.4, 0.5) is 5.69 Å². The molecular formula is C13H11N5OS. The van der Waals surface area contributed by atoms with Crippen LogP contribution in [-0.4, -0.2) is 20.9 Å². The van der Waals surface area contributed by atoms with Gasteiger partial charge in [0.1, 0.15) is 5.03 Å². The first kappa shape index (κ1) is 12.5. The van der Waals surface area contributed by atoms with Crippen LogP contribution < -0.4 is 11.5 Å². The van der Waals surface area contributed by atoms with Gasteiger partial charge < -0.3 is 16.5 Å². The number of carbonyl (C=O) groups is 1. The van der Waals surface area contributed by atoms with Gasteiger partial charge in [-0.1, -0.05) is 0 Å². The number of hydrogen-bond donors (Lipinski definition) is 3. The highest BCUT2D eigenvalue weighted by Gasteiger charge is 2.07. The zero-order valence-electron chi connectivity index (χ0n) is 10.3. The van der Waals surface area contributed by atoms with E-state index in [9.17, 15) is 4.79 Å². The summed E-state index contributed by atoms with van der Waals surface area (Å²) >= 11 is 1.37. The third kappa shape index (κ3) is 2.43. The van der Waals surface area contributed by atoms with Crippen molar-refractivity contribution < 1.29 is 4.79 Å². The van der Waals surface area contributed by atoms with Crippen LogP contribution in [0, 0.1) is 0 Å². The van der Waals surface area contributed by atoms with Crippen LogP contribution >= 0.6 is 11.8 Å². The summed E-state index contributed by atoms with van der Waals surface area (Å²) in [5.41, 5.74) is 13.7. The van der Waals surface area contributed by atoms with Gasteiger partial charge in [0.2, 0.25) is 5.91 Å². The van der Waals surface area contributed by atoms with Crippen molar-refractivity contribution in [2.45, 2.75) is 10.2 Å². The van der Waals surface area contributed by atoms with E-state index in [1.54, 1.807) is 18.2 Å². The first-order chi connectivity index (χ1) is 9.61. The van der Waals surface area contributed by atoms with E-state index in [1.165, 1.54) is 18.0 Å². The van der Waals surface area contributed by atoms with Crippen LogP contribution in [0.25, 0.3) is 11.0 Å². The minimum atomic E-state index is -0.492. The Morgan fingerprint density at radius 3 is 2.80 bits per heavy atom. The van der Waals surface area contributed by atoms with Gasteiger partial charge in [-0.25, -0.2) is 9.97 Å². The zero-order chi connectivity index (χ0) is 14.1. The average molecular weight is 285 g/mol. The number of nitrogen functional groups attached to an aromatic ring is 1. The molecule has 0 spiro atoms. The molecule has 1 aromatic carbocycles. The Morgan fingerprint density at radius 1 is 1.25 bits per heavy atom. The molecule has 0 fully saturated rings. The number of pyridine rings is 1. The quantitative estimate of drug-likeness (QED) is 0.635. The summed E-state index contributed by atoms with van der Waals surface area (Å²) in [6.45, 7) is 0. The molecule has 0 aliphatic heterocycles. The van der Waals surface area contributed by atoms with Gasteiger partial charge in [0.15, 0.2) is 5.16 Å². The largest absolute Gasteiger partial charge is 0.399 e. The van der Waals surface area contributed by atoms with Crippen LogP contribution in [0.3, 0.4) is 0 Å². The molecule has 0 aliphatic rings. The lowest BCUT2D eigenvalue weighted by atomic mass is 10.3. The Balaban J connectivity index is 1.87. The third-order valence-corrected chi connectivity index (χ3v) is 3.54. The van der Waals surface area contributed by atoms with Crippen molar-refractivity contribution in [1.29, 1.82) is 0 Å². The van der Waals surface area contributed by atoms with Gasteiger partial charge in [0.25, 0.3) is 0 Å². The normalized spacial score (nSPS) is 10.8. The number of amides is 1. The van der Waals surface area contributed by atoms with Crippen LogP contribution in [0.15, 0.2) is 46.7 Å². The number of benzene rings is 1. The SMILES string of the molecule is NC(=O)c1ccc(Sc2nc3ccc(N)cc3[nH]2)nc1. The monoisotopic (exact) mass is 285 g/mol. The standard InChI is InChI=1S/C13H11N5OS/c14-8-2-3-9-10(5-8)18-13(17-9)20-11-4-1-7(6-16-11)12(15)19/h1-6H,14H2,(H2,15,19)(H,17,18). The fourth-order valence-corrected chi connectivity index (χ4v) is 2.48. The lowest BCUT2D eigenvalue weighted by Gasteiger charge is -1.98. The van der Waals surface area contributed by atoms with Crippen molar-refractivity contribution in [1.82, 2.24) is 15.0 Å². The Labute approximate surface area is 118 Å². The van der Waals surface area contributed by atoms with Crippen molar-refractivity contribution in [2.75, 3.05) is 5.73 Å². The van der Waals surface area contributed by atoms with E-state index in [-0.39, 0.29) is 0 Å². The summed E-state index contributed by atoms with van der Waals surface area (Å²) in [4.78, 5) is 22.7. The van der Waals surface area contributed by atoms with Crippen molar-refractivity contribution in [2.24, 2.45) is 5.73 Å². The first-order valence-corrected chi connectivity index (χ1v) is 6.62. The topological polar surface area (TPSA) is 111 Å². The smallest absolute Gasteiger partial charge is 0.250 e. The number of primary amides is 1. The Kier molecular flexibility index (Phi) is 3.03. The average Bonchev–Trinajstić information content (AvgIpc) is 2.80. The van der Waals surface area contributed by atoms with Crippen LogP contribution in [0.2, 0.25) is 0 Å². The highest BCUT2D eigenvalue weighted by molar-refractivity contribution is 7.99. The van der Waals surface area contributed by atoms with Gasteiger partial charge in [-0.15, -0.1) is 0 Å². The Bertz CT molecular complexity index is 781. The molecule has 1 amide bonds. The number of nitrogens with one attached hydrogen (secondary N) is 1. The summed E-state index contributed by atoms with van der Waals surface area (Å²) in [5.74, 6) is -0.492. The number of anilines is 1. The molecule has 2 aromatic heterocycles. The van der Waals surface area contributed by atoms with Gasteiger partial charge in [-0.3, -0.25) is 4.79 Å². The second kappa shape index (κ2) is 4.86. The summed E-state index contributed by atoms with van der Waals surface area (Å²) < 4.78 is 0. The molecular weight excluding hydrogens is 274 g/mol. The van der Waals surface area contributed by atoms with Crippen molar-refractivity contribution in [3.63, 3.8) is 0 Å². The molecule has 3 rings (SSSR count). The Hall–Kier alpha value is -2.54. The third-order valence-electron chi connectivity index (χ3n) is 2.71. The van der Waals surface area contributed by atoms with Gasteiger partial charge in [-0.05, 0) is 42.1 Å². The molecule has 0 aliphatic carbocycles. The number of carbonyl (C=O) groups excluding carboxylic acids is 1. The molecule has 3 aromatic rings. The molecule has 20 heavy (non-hydrogen) atoms. The highest BCUT2D eigenvalue weighted by atomic mass is 32.2. The zero-order valence-corrected chi connectivity index (χ0v) is 11.1. The second-order valence-corrected chi connectivity index (χ2v) is 5.18. The van der Waals surface area contributed by atoms with E-state index in [0.29, 0.717) is 16.4 Å². The summed E-state index contributed by atoms with van der Waals surface area (Å²) in [7, 11) is 0. The minimum absolute atomic E-state index is 0.381. The molecule has 0 unspecified atom stereocenters. The molecule has 0 saturated heterocycles. The van der Waals surface area contributed by atoms with Gasteiger partial charge in [0, 0.05) is 11.9 Å². The highest BCUT2D eigenvalue weighted by Crippen LogP contribution is 2.26. The number of nitrogens with zero attached hydrogens (tertiary/aromatic N) is 2. The van der Waals surface area contributed by atoms with Crippen LogP contribution in [0.5, 0.6) is 0 Å². The fourth-order valence-electron chi connectivity index (χ4n) is 1.74. The van der Waals surface area contributed by atoms with Crippen molar-refractivity contribution in [3.8, 4) is 0 Å². The molecule has 100 valence electrons. The molecule has 5 N–H and O–H groups in total. The number of rotatable bonds is 3. The number of imidazole rings is 1. The second-order valence-electron chi connectivity index (χ2n) is 4.17. The van der Waals surface area contributed by atoms with Gasteiger partial charge >= 0.3 is 0 Å². The van der Waals surface area contributed by atoms with Gasteiger partial charge in [0.05, 0.1) is 16.6 Å². The maximum Gasteiger partial charge on any atom is 0.250 e. The summed E-state index contributed by atoms with van der Waals surface area (Å²) in [6, 6.07) is 8.85. The lowest BCUT2D eigenvalue weighted by molar-refractivity contribution is 0.1000. The van der Waals surface area contributed by atoms with E-state index in [0.717, 1.165) is 16.1 Å². The molecule has 0 atom stereocenters. The number of H-pyrrole nitrogens is 1. The van der Waals surface area contributed by atoms with Crippen molar-refractivity contribution >= 4 is 34.4 Å². The maximum atomic E-state index is 11.0. The minimum Gasteiger partial charge on any atom is -0.399 e. The summed E-state index contributed by atoms with van der Waals surface area (Å²) in [5, 5.41) is 1.44. The first-order valence-electron chi connectivity index (χ1n) is 5.81. The number of aromatic amines is 1. The van der Waals surface area contributed by atoms with E-state index < -0.39 is 5.91 Å². The molecule has 2 heterocycles. The van der Waals surface area contributed by atoms with E-state index in [2.05, 4.69) is 15.0 Å². The van der Waals surface area contributed by atoms with E-state index >= 15 is 0 Å². The maximum absolute atomic E-state index is 11.0. The number of fused-ring (bicyclic) bond motifs is 1. The predicted octanol–water partition coefficient (Wildman–Crippen LogP) is 1.79. The summed E-state index contributed by atoms with van der Waals surface area (Å²) in [6.07, 6.45) is 1.45.